The number of rotatable bonds is 5. The van der Waals surface area contributed by atoms with E-state index >= 15 is 0 Å². The summed E-state index contributed by atoms with van der Waals surface area (Å²) in [6.07, 6.45) is 2.08. The molecule has 140 valence electrons. The molecule has 2 aromatic carbocycles. The van der Waals surface area contributed by atoms with E-state index < -0.39 is 10.2 Å². The molecule has 5 nitrogen and oxygen atoms in total. The van der Waals surface area contributed by atoms with Gasteiger partial charge in [0.05, 0.1) is 0 Å². The maximum atomic E-state index is 13.4. The molecule has 0 amide bonds. The van der Waals surface area contributed by atoms with Crippen LogP contribution < -0.4 is 5.32 Å². The van der Waals surface area contributed by atoms with E-state index in [9.17, 15) is 8.42 Å². The molecule has 0 aromatic heterocycles. The van der Waals surface area contributed by atoms with E-state index in [-0.39, 0.29) is 6.04 Å². The largest absolute Gasteiger partial charge is 0.315 e. The summed E-state index contributed by atoms with van der Waals surface area (Å²) >= 11 is 0. The van der Waals surface area contributed by atoms with Crippen LogP contribution in [0.5, 0.6) is 0 Å². The predicted molar refractivity (Wildman–Crippen MR) is 105 cm³/mol. The minimum absolute atomic E-state index is 0.111. The van der Waals surface area contributed by atoms with Crippen LogP contribution in [0.4, 0.5) is 0 Å². The lowest BCUT2D eigenvalue weighted by Crippen LogP contribution is -2.53. The molecule has 0 spiro atoms. The quantitative estimate of drug-likeness (QED) is 0.876. The van der Waals surface area contributed by atoms with Gasteiger partial charge in [-0.3, -0.25) is 0 Å². The second-order valence-electron chi connectivity index (χ2n) is 7.35. The molecule has 1 N–H and O–H groups in total. The van der Waals surface area contributed by atoms with Crippen molar-refractivity contribution in [2.45, 2.75) is 32.4 Å². The van der Waals surface area contributed by atoms with Gasteiger partial charge in [-0.05, 0) is 47.7 Å². The van der Waals surface area contributed by atoms with Crippen molar-refractivity contribution in [1.82, 2.24) is 13.9 Å². The molecule has 4 rings (SSSR count). The summed E-state index contributed by atoms with van der Waals surface area (Å²) in [4.78, 5) is 0. The van der Waals surface area contributed by atoms with Crippen LogP contribution in [0.25, 0.3) is 10.8 Å². The van der Waals surface area contributed by atoms with Crippen LogP contribution in [0.2, 0.25) is 0 Å². The lowest BCUT2D eigenvalue weighted by Gasteiger charge is -2.38. The first-order valence-corrected chi connectivity index (χ1v) is 10.9. The van der Waals surface area contributed by atoms with E-state index in [1.165, 1.54) is 5.39 Å². The third kappa shape index (κ3) is 3.27. The van der Waals surface area contributed by atoms with E-state index in [1.807, 2.05) is 25.1 Å². The Labute approximate surface area is 156 Å². The van der Waals surface area contributed by atoms with Gasteiger partial charge in [0.2, 0.25) is 0 Å². The van der Waals surface area contributed by atoms with Gasteiger partial charge in [-0.25, -0.2) is 0 Å². The fourth-order valence-electron chi connectivity index (χ4n) is 4.36. The number of hydrogen-bond acceptors (Lipinski definition) is 3. The average molecular weight is 374 g/mol. The minimum atomic E-state index is -3.45. The highest BCUT2D eigenvalue weighted by molar-refractivity contribution is 7.86. The minimum Gasteiger partial charge on any atom is -0.315 e. The molecule has 0 aliphatic carbocycles. The molecule has 2 aliphatic heterocycles. The molecule has 26 heavy (non-hydrogen) atoms. The van der Waals surface area contributed by atoms with Crippen molar-refractivity contribution in [3.05, 3.63) is 48.0 Å². The van der Waals surface area contributed by atoms with Crippen LogP contribution in [-0.4, -0.2) is 49.2 Å². The smallest absolute Gasteiger partial charge is 0.282 e. The molecule has 2 atom stereocenters. The van der Waals surface area contributed by atoms with Crippen LogP contribution in [0.3, 0.4) is 0 Å². The van der Waals surface area contributed by atoms with E-state index in [0.717, 1.165) is 36.9 Å². The van der Waals surface area contributed by atoms with Crippen molar-refractivity contribution in [3.63, 3.8) is 0 Å². The van der Waals surface area contributed by atoms with E-state index in [2.05, 4.69) is 29.6 Å². The van der Waals surface area contributed by atoms with Crippen molar-refractivity contribution < 1.29 is 8.42 Å². The van der Waals surface area contributed by atoms with Gasteiger partial charge in [-0.1, -0.05) is 43.3 Å². The maximum Gasteiger partial charge on any atom is 0.282 e. The highest BCUT2D eigenvalue weighted by atomic mass is 32.2. The molecule has 0 radical (unpaired) electrons. The molecule has 2 saturated heterocycles. The van der Waals surface area contributed by atoms with Gasteiger partial charge < -0.3 is 5.32 Å². The Morgan fingerprint density at radius 2 is 1.96 bits per heavy atom. The molecule has 0 bridgehead atoms. The third-order valence-electron chi connectivity index (χ3n) is 5.78. The van der Waals surface area contributed by atoms with Gasteiger partial charge in [-0.15, -0.1) is 0 Å². The number of fused-ring (bicyclic) bond motifs is 2. The van der Waals surface area contributed by atoms with Crippen LogP contribution in [-0.2, 0) is 16.8 Å². The summed E-state index contributed by atoms with van der Waals surface area (Å²) in [5.74, 6) is 0.456. The lowest BCUT2D eigenvalue weighted by molar-refractivity contribution is 0.201. The molecule has 2 aromatic rings. The third-order valence-corrected chi connectivity index (χ3v) is 7.86. The Bertz CT molecular complexity index is 884. The summed E-state index contributed by atoms with van der Waals surface area (Å²) in [7, 11) is -3.45. The number of nitrogens with one attached hydrogen (secondary N) is 1. The monoisotopic (exact) mass is 373 g/mol. The van der Waals surface area contributed by atoms with Crippen LogP contribution in [0.1, 0.15) is 25.3 Å². The topological polar surface area (TPSA) is 52.7 Å². The summed E-state index contributed by atoms with van der Waals surface area (Å²) < 4.78 is 30.1. The zero-order valence-corrected chi connectivity index (χ0v) is 16.1. The van der Waals surface area contributed by atoms with Crippen molar-refractivity contribution >= 4 is 21.0 Å². The van der Waals surface area contributed by atoms with Crippen molar-refractivity contribution in [2.24, 2.45) is 5.92 Å². The maximum absolute atomic E-state index is 13.4. The van der Waals surface area contributed by atoms with Gasteiger partial charge in [-0.2, -0.15) is 17.0 Å². The zero-order chi connectivity index (χ0) is 18.1. The number of hydrogen-bond donors (Lipinski definition) is 1. The Balaban J connectivity index is 1.58. The second kappa shape index (κ2) is 7.27. The molecular formula is C20H27N3O2S. The fraction of sp³-hybridized carbons (Fsp3) is 0.500. The van der Waals surface area contributed by atoms with Crippen molar-refractivity contribution in [1.29, 1.82) is 0 Å². The number of benzene rings is 2. The Morgan fingerprint density at radius 3 is 2.77 bits per heavy atom. The average Bonchev–Trinajstić information content (AvgIpc) is 3.14. The number of nitrogens with zero attached hydrogens (tertiary/aromatic N) is 2. The van der Waals surface area contributed by atoms with Gasteiger partial charge in [0, 0.05) is 32.2 Å². The summed E-state index contributed by atoms with van der Waals surface area (Å²) in [6, 6.07) is 14.5. The molecular weight excluding hydrogens is 346 g/mol. The van der Waals surface area contributed by atoms with Crippen LogP contribution in [0, 0.1) is 5.92 Å². The normalized spacial score (nSPS) is 24.2. The Hall–Kier alpha value is -1.47. The standard InChI is InChI=1S/C20H27N3O2S/c1-2-22(15-16-9-10-17-6-3-4-7-18(17)12-16)26(24,25)23-11-5-8-19-13-21-14-20(19)23/h3-4,6-7,9-10,12,19-21H,2,5,8,11,13-15H2,1H3/t19-,20+/m0/s1. The molecule has 2 aliphatic rings. The fourth-order valence-corrected chi connectivity index (χ4v) is 6.24. The Kier molecular flexibility index (Phi) is 5.01. The lowest BCUT2D eigenvalue weighted by atomic mass is 9.94. The highest BCUT2D eigenvalue weighted by Gasteiger charge is 2.42. The van der Waals surface area contributed by atoms with Crippen molar-refractivity contribution in [3.8, 4) is 0 Å². The zero-order valence-electron chi connectivity index (χ0n) is 15.3. The molecule has 0 saturated carbocycles. The van der Waals surface area contributed by atoms with Gasteiger partial charge in [0.15, 0.2) is 0 Å². The van der Waals surface area contributed by atoms with Gasteiger partial charge in [0.1, 0.15) is 0 Å². The van der Waals surface area contributed by atoms with E-state index in [1.54, 1.807) is 8.61 Å². The SMILES string of the molecule is CCN(Cc1ccc2ccccc2c1)S(=O)(=O)N1CCC[C@H]2CNC[C@H]21. The van der Waals surface area contributed by atoms with Crippen LogP contribution in [0.15, 0.2) is 42.5 Å². The summed E-state index contributed by atoms with van der Waals surface area (Å²) in [6.45, 7) is 5.18. The second-order valence-corrected chi connectivity index (χ2v) is 9.24. The van der Waals surface area contributed by atoms with Crippen molar-refractivity contribution in [2.75, 3.05) is 26.2 Å². The molecule has 0 unspecified atom stereocenters. The van der Waals surface area contributed by atoms with E-state index in [4.69, 9.17) is 0 Å². The summed E-state index contributed by atoms with van der Waals surface area (Å²) in [5, 5.41) is 5.70. The summed E-state index contributed by atoms with van der Waals surface area (Å²) in [5.41, 5.74) is 1.03. The first-order chi connectivity index (χ1) is 12.6. The van der Waals surface area contributed by atoms with E-state index in [0.29, 0.717) is 25.6 Å². The van der Waals surface area contributed by atoms with Gasteiger partial charge in [0.25, 0.3) is 10.2 Å². The Morgan fingerprint density at radius 1 is 1.15 bits per heavy atom. The highest BCUT2D eigenvalue weighted by Crippen LogP contribution is 2.30. The molecule has 2 fully saturated rings. The van der Waals surface area contributed by atoms with Crippen LogP contribution >= 0.6 is 0 Å². The molecule has 2 heterocycles. The predicted octanol–water partition coefficient (Wildman–Crippen LogP) is 2.59. The first-order valence-electron chi connectivity index (χ1n) is 9.55. The first kappa shape index (κ1) is 17.9. The van der Waals surface area contributed by atoms with Gasteiger partial charge >= 0.3 is 0 Å². The molecule has 6 heteroatoms. The number of piperidine rings is 1.